The van der Waals surface area contributed by atoms with Crippen LogP contribution in [0.3, 0.4) is 0 Å². The fraction of sp³-hybridized carbons (Fsp3) is 0.176. The van der Waals surface area contributed by atoms with Gasteiger partial charge in [-0.3, -0.25) is 14.9 Å². The Morgan fingerprint density at radius 3 is 2.96 bits per heavy atom. The number of halogens is 1. The molecule has 0 spiro atoms. The zero-order chi connectivity index (χ0) is 18.5. The van der Waals surface area contributed by atoms with E-state index in [4.69, 9.17) is 20.9 Å². The summed E-state index contributed by atoms with van der Waals surface area (Å²) in [5.74, 6) is -0.391. The number of thiazole rings is 1. The van der Waals surface area contributed by atoms with E-state index >= 15 is 0 Å². The number of carbonyl (C=O) groups is 2. The number of aromatic nitrogens is 2. The summed E-state index contributed by atoms with van der Waals surface area (Å²) < 4.78 is 10.1. The van der Waals surface area contributed by atoms with Crippen molar-refractivity contribution in [2.45, 2.75) is 13.3 Å². The first-order chi connectivity index (χ1) is 12.5. The van der Waals surface area contributed by atoms with Gasteiger partial charge in [-0.25, -0.2) is 4.98 Å². The number of amides is 1. The third-order valence-electron chi connectivity index (χ3n) is 3.25. The lowest BCUT2D eigenvalue weighted by molar-refractivity contribution is -0.142. The molecular formula is C17H14ClN3O4S. The van der Waals surface area contributed by atoms with Gasteiger partial charge >= 0.3 is 5.97 Å². The molecule has 0 aliphatic carbocycles. The van der Waals surface area contributed by atoms with E-state index < -0.39 is 5.91 Å². The van der Waals surface area contributed by atoms with Crippen LogP contribution in [0.1, 0.15) is 23.1 Å². The van der Waals surface area contributed by atoms with Crippen LogP contribution in [-0.4, -0.2) is 28.6 Å². The summed E-state index contributed by atoms with van der Waals surface area (Å²) in [7, 11) is 0. The van der Waals surface area contributed by atoms with Crippen LogP contribution in [0, 0.1) is 0 Å². The molecule has 0 aliphatic heterocycles. The third-order valence-corrected chi connectivity index (χ3v) is 4.30. The standard InChI is InChI=1S/C17H14ClN3O4S/c1-2-24-15(22)7-12-9-26-17(19-12)20-16(23)13-8-14(25-21-13)10-4-3-5-11(18)6-10/h3-6,8-9H,2,7H2,1H3,(H,19,20,23). The van der Waals surface area contributed by atoms with Crippen molar-refractivity contribution in [2.24, 2.45) is 0 Å². The summed E-state index contributed by atoms with van der Waals surface area (Å²) in [5, 5.41) is 9.01. The maximum Gasteiger partial charge on any atom is 0.311 e. The lowest BCUT2D eigenvalue weighted by atomic mass is 10.1. The number of esters is 1. The molecule has 1 amide bonds. The number of nitrogens with zero attached hydrogens (tertiary/aromatic N) is 2. The van der Waals surface area contributed by atoms with Gasteiger partial charge in [0.25, 0.3) is 5.91 Å². The van der Waals surface area contributed by atoms with E-state index in [2.05, 4.69) is 15.5 Å². The highest BCUT2D eigenvalue weighted by molar-refractivity contribution is 7.14. The molecule has 0 saturated heterocycles. The van der Waals surface area contributed by atoms with Gasteiger partial charge in [0.15, 0.2) is 16.6 Å². The molecule has 134 valence electrons. The number of anilines is 1. The minimum Gasteiger partial charge on any atom is -0.466 e. The first-order valence-corrected chi connectivity index (χ1v) is 8.95. The first kappa shape index (κ1) is 18.1. The highest BCUT2D eigenvalue weighted by Gasteiger charge is 2.16. The van der Waals surface area contributed by atoms with E-state index in [0.717, 1.165) is 5.56 Å². The van der Waals surface area contributed by atoms with Crippen LogP contribution in [0.25, 0.3) is 11.3 Å². The van der Waals surface area contributed by atoms with E-state index in [-0.39, 0.29) is 18.1 Å². The Balaban J connectivity index is 1.66. The van der Waals surface area contributed by atoms with Gasteiger partial charge in [-0.1, -0.05) is 28.9 Å². The van der Waals surface area contributed by atoms with Crippen molar-refractivity contribution in [2.75, 3.05) is 11.9 Å². The quantitative estimate of drug-likeness (QED) is 0.642. The molecular weight excluding hydrogens is 378 g/mol. The lowest BCUT2D eigenvalue weighted by Gasteiger charge is -1.98. The second kappa shape index (κ2) is 8.11. The van der Waals surface area contributed by atoms with E-state index in [0.29, 0.717) is 28.2 Å². The predicted octanol–water partition coefficient (Wildman–Crippen LogP) is 3.81. The van der Waals surface area contributed by atoms with Crippen LogP contribution < -0.4 is 5.32 Å². The van der Waals surface area contributed by atoms with Gasteiger partial charge in [-0.05, 0) is 19.1 Å². The molecule has 26 heavy (non-hydrogen) atoms. The monoisotopic (exact) mass is 391 g/mol. The average Bonchev–Trinajstić information content (AvgIpc) is 3.25. The normalized spacial score (nSPS) is 10.5. The number of nitrogens with one attached hydrogen (secondary N) is 1. The van der Waals surface area contributed by atoms with Crippen LogP contribution in [0.2, 0.25) is 5.02 Å². The molecule has 7 nitrogen and oxygen atoms in total. The average molecular weight is 392 g/mol. The zero-order valence-corrected chi connectivity index (χ0v) is 15.3. The number of carbonyl (C=O) groups excluding carboxylic acids is 2. The molecule has 0 radical (unpaired) electrons. The van der Waals surface area contributed by atoms with Crippen LogP contribution in [0.5, 0.6) is 0 Å². The van der Waals surface area contributed by atoms with Crippen LogP contribution in [-0.2, 0) is 16.0 Å². The Bertz CT molecular complexity index is 937. The van der Waals surface area contributed by atoms with Crippen molar-refractivity contribution in [1.29, 1.82) is 0 Å². The highest BCUT2D eigenvalue weighted by Crippen LogP contribution is 2.24. The van der Waals surface area contributed by atoms with Crippen molar-refractivity contribution in [3.63, 3.8) is 0 Å². The largest absolute Gasteiger partial charge is 0.466 e. The second-order valence-corrected chi connectivity index (χ2v) is 6.46. The second-order valence-electron chi connectivity index (χ2n) is 5.17. The number of hydrogen-bond donors (Lipinski definition) is 1. The van der Waals surface area contributed by atoms with Crippen molar-refractivity contribution < 1.29 is 18.8 Å². The minimum absolute atomic E-state index is 0.0586. The maximum absolute atomic E-state index is 12.3. The summed E-state index contributed by atoms with van der Waals surface area (Å²) in [6, 6.07) is 8.56. The Morgan fingerprint density at radius 2 is 2.19 bits per heavy atom. The van der Waals surface area contributed by atoms with Gasteiger partial charge in [-0.15, -0.1) is 11.3 Å². The summed E-state index contributed by atoms with van der Waals surface area (Å²) in [6.07, 6.45) is 0.0586. The van der Waals surface area contributed by atoms with Gasteiger partial charge in [0, 0.05) is 22.0 Å². The van der Waals surface area contributed by atoms with Gasteiger partial charge in [0.1, 0.15) is 0 Å². The first-order valence-electron chi connectivity index (χ1n) is 7.69. The summed E-state index contributed by atoms with van der Waals surface area (Å²) in [4.78, 5) is 27.9. The molecule has 2 aromatic heterocycles. The summed E-state index contributed by atoms with van der Waals surface area (Å²) in [6.45, 7) is 2.05. The zero-order valence-electron chi connectivity index (χ0n) is 13.7. The Kier molecular flexibility index (Phi) is 5.65. The summed E-state index contributed by atoms with van der Waals surface area (Å²) in [5.41, 5.74) is 1.36. The smallest absolute Gasteiger partial charge is 0.311 e. The predicted molar refractivity (Wildman–Crippen MR) is 97.4 cm³/mol. The van der Waals surface area contributed by atoms with Crippen molar-refractivity contribution >= 4 is 39.9 Å². The minimum atomic E-state index is -0.459. The van der Waals surface area contributed by atoms with Crippen molar-refractivity contribution in [3.05, 3.63) is 52.1 Å². The SMILES string of the molecule is CCOC(=O)Cc1csc(NC(=O)c2cc(-c3cccc(Cl)c3)on2)n1. The Labute approximate surface area is 157 Å². The van der Waals surface area contributed by atoms with Gasteiger partial charge in [0.2, 0.25) is 0 Å². The van der Waals surface area contributed by atoms with Gasteiger partial charge in [0.05, 0.1) is 18.7 Å². The van der Waals surface area contributed by atoms with Crippen LogP contribution in [0.15, 0.2) is 40.2 Å². The molecule has 1 N–H and O–H groups in total. The fourth-order valence-electron chi connectivity index (χ4n) is 2.13. The van der Waals surface area contributed by atoms with E-state index in [1.807, 2.05) is 0 Å². The maximum atomic E-state index is 12.3. The van der Waals surface area contributed by atoms with Crippen molar-refractivity contribution in [3.8, 4) is 11.3 Å². The molecule has 0 fully saturated rings. The van der Waals surface area contributed by atoms with E-state index in [1.54, 1.807) is 36.6 Å². The topological polar surface area (TPSA) is 94.3 Å². The number of benzene rings is 1. The molecule has 3 rings (SSSR count). The van der Waals surface area contributed by atoms with E-state index in [9.17, 15) is 9.59 Å². The fourth-order valence-corrected chi connectivity index (χ4v) is 3.02. The van der Waals surface area contributed by atoms with Crippen LogP contribution in [0.4, 0.5) is 5.13 Å². The molecule has 0 saturated carbocycles. The number of ether oxygens (including phenoxy) is 1. The highest BCUT2D eigenvalue weighted by atomic mass is 35.5. The van der Waals surface area contributed by atoms with Gasteiger partial charge in [-0.2, -0.15) is 0 Å². The molecule has 0 bridgehead atoms. The molecule has 0 atom stereocenters. The third kappa shape index (κ3) is 4.47. The van der Waals surface area contributed by atoms with Crippen molar-refractivity contribution in [1.82, 2.24) is 10.1 Å². The van der Waals surface area contributed by atoms with Gasteiger partial charge < -0.3 is 9.26 Å². The molecule has 3 aromatic rings. The lowest BCUT2D eigenvalue weighted by Crippen LogP contribution is -2.12. The molecule has 1 aromatic carbocycles. The number of hydrogen-bond acceptors (Lipinski definition) is 7. The summed E-state index contributed by atoms with van der Waals surface area (Å²) >= 11 is 7.16. The molecule has 9 heteroatoms. The van der Waals surface area contributed by atoms with E-state index in [1.165, 1.54) is 17.4 Å². The number of rotatable bonds is 6. The Hall–Kier alpha value is -2.71. The van der Waals surface area contributed by atoms with Crippen LogP contribution >= 0.6 is 22.9 Å². The molecule has 0 unspecified atom stereocenters. The molecule has 2 heterocycles. The Morgan fingerprint density at radius 1 is 1.35 bits per heavy atom. The molecule has 0 aliphatic rings.